The lowest BCUT2D eigenvalue weighted by Gasteiger charge is -1.90. The summed E-state index contributed by atoms with van der Waals surface area (Å²) < 4.78 is 0. The third kappa shape index (κ3) is 4.00. The molecule has 0 unspecified atom stereocenters. The molecule has 0 rings (SSSR count). The van der Waals surface area contributed by atoms with Crippen LogP contribution in [0.4, 0.5) is 0 Å². The van der Waals surface area contributed by atoms with E-state index >= 15 is 0 Å². The van der Waals surface area contributed by atoms with E-state index < -0.39 is 0 Å². The molecule has 0 saturated carbocycles. The summed E-state index contributed by atoms with van der Waals surface area (Å²) in [6, 6.07) is 0. The summed E-state index contributed by atoms with van der Waals surface area (Å²) in [6.45, 7) is 6.64. The van der Waals surface area contributed by atoms with Gasteiger partial charge in [0.05, 0.1) is 0 Å². The van der Waals surface area contributed by atoms with Crippen molar-refractivity contribution < 1.29 is 1.43 Å². The van der Waals surface area contributed by atoms with E-state index in [1.807, 2.05) is 0 Å². The predicted molar refractivity (Wildman–Crippen MR) is 26.2 cm³/mol. The van der Waals surface area contributed by atoms with Crippen molar-refractivity contribution in [3.8, 4) is 0 Å². The van der Waals surface area contributed by atoms with E-state index in [9.17, 15) is 0 Å². The smallest absolute Gasteiger partial charge is 0.0651 e. The van der Waals surface area contributed by atoms with E-state index in [1.165, 1.54) is 6.42 Å². The minimum atomic E-state index is 0. The van der Waals surface area contributed by atoms with Gasteiger partial charge in [-0.25, -0.2) is 0 Å². The Morgan fingerprint density at radius 2 is 1.80 bits per heavy atom. The van der Waals surface area contributed by atoms with Crippen LogP contribution in [0.2, 0.25) is 0 Å². The van der Waals surface area contributed by atoms with E-state index in [0.717, 1.165) is 5.92 Å². The third-order valence-electron chi connectivity index (χ3n) is 0.816. The molecule has 5 heavy (non-hydrogen) atoms. The molecule has 0 fully saturated rings. The first-order chi connectivity index (χ1) is 2.27. The summed E-state index contributed by atoms with van der Waals surface area (Å²) >= 11 is 0. The molecule has 0 atom stereocenters. The Balaban J connectivity index is 0. The van der Waals surface area contributed by atoms with Crippen molar-refractivity contribution in [1.29, 1.82) is 0 Å². The van der Waals surface area contributed by atoms with Crippen molar-refractivity contribution in [3.63, 3.8) is 0 Å². The van der Waals surface area contributed by atoms with Crippen LogP contribution in [0.25, 0.3) is 0 Å². The molecule has 0 saturated heterocycles. The number of hydrogen-bond donors (Lipinski definition) is 0. The van der Waals surface area contributed by atoms with Crippen LogP contribution in [0.5, 0.6) is 0 Å². The van der Waals surface area contributed by atoms with Crippen molar-refractivity contribution >= 4 is 0 Å². The molecule has 0 bridgehead atoms. The Hall–Kier alpha value is 0. The minimum Gasteiger partial charge on any atom is -0.0651 e. The van der Waals surface area contributed by atoms with Gasteiger partial charge in [0.25, 0.3) is 0 Å². The zero-order valence-electron chi connectivity index (χ0n) is 5.28. The van der Waals surface area contributed by atoms with Gasteiger partial charge in [-0.05, 0) is 5.92 Å². The normalized spacial score (nSPS) is 9.60. The van der Waals surface area contributed by atoms with Crippen molar-refractivity contribution in [1.82, 2.24) is 0 Å². The first kappa shape index (κ1) is 5.00. The Labute approximate surface area is 35.7 Å². The molecule has 0 heterocycles. The Morgan fingerprint density at radius 3 is 1.80 bits per heavy atom. The molecular weight excluding hydrogens is 60.1 g/mol. The van der Waals surface area contributed by atoms with Crippen LogP contribution in [-0.2, 0) is 0 Å². The van der Waals surface area contributed by atoms with Crippen molar-refractivity contribution in [2.24, 2.45) is 5.92 Å². The molecule has 0 nitrogen and oxygen atoms in total. The summed E-state index contributed by atoms with van der Waals surface area (Å²) in [5.41, 5.74) is 0. The fourth-order valence-corrected chi connectivity index (χ4v) is 0. The van der Waals surface area contributed by atoms with Gasteiger partial charge in [0.1, 0.15) is 0 Å². The quantitative estimate of drug-likeness (QED) is 0.446. The second-order valence-electron chi connectivity index (χ2n) is 1.80. The molecule has 0 radical (unpaired) electrons. The van der Waals surface area contributed by atoms with Crippen LogP contribution in [0.15, 0.2) is 0 Å². The molecule has 0 aromatic rings. The maximum absolute atomic E-state index is 2.22. The first-order valence-corrected chi connectivity index (χ1v) is 2.27. The van der Waals surface area contributed by atoms with Crippen molar-refractivity contribution in [2.45, 2.75) is 27.2 Å². The van der Waals surface area contributed by atoms with Gasteiger partial charge >= 0.3 is 1.43 Å². The monoisotopic (exact) mass is 73.1 g/mol. The highest BCUT2D eigenvalue weighted by Crippen LogP contribution is 1.93. The largest absolute Gasteiger partial charge is 1.00 e. The molecule has 0 spiro atoms. The fourth-order valence-electron chi connectivity index (χ4n) is 0. The highest BCUT2D eigenvalue weighted by atomic mass is 13.9. The van der Waals surface area contributed by atoms with E-state index in [4.69, 9.17) is 0 Å². The Bertz CT molecular complexity index is 17.9. The van der Waals surface area contributed by atoms with Gasteiger partial charge in [-0.15, -0.1) is 0 Å². The molecule has 0 aliphatic heterocycles. The molecule has 0 N–H and O–H groups in total. The lowest BCUT2D eigenvalue weighted by atomic mass is 10.2. The average molecular weight is 73.2 g/mol. The molecule has 32 valence electrons. The molecule has 0 amide bonds. The van der Waals surface area contributed by atoms with Gasteiger partial charge < -0.3 is 0 Å². The number of hydrogen-bond acceptors (Lipinski definition) is 0. The fraction of sp³-hybridized carbons (Fsp3) is 1.00. The Morgan fingerprint density at radius 1 is 1.60 bits per heavy atom. The van der Waals surface area contributed by atoms with Crippen molar-refractivity contribution in [2.75, 3.05) is 0 Å². The molecule has 0 aromatic carbocycles. The van der Waals surface area contributed by atoms with Gasteiger partial charge in [-0.3, -0.25) is 0 Å². The molecule has 0 aliphatic rings. The number of rotatable bonds is 1. The maximum Gasteiger partial charge on any atom is 1.00 e. The SMILES string of the molecule is CCC(C)C.[H+]. The minimum absolute atomic E-state index is 0. The second-order valence-corrected chi connectivity index (χ2v) is 1.80. The van der Waals surface area contributed by atoms with Crippen LogP contribution in [0, 0.1) is 5.92 Å². The summed E-state index contributed by atoms with van der Waals surface area (Å²) in [5, 5.41) is 0. The predicted octanol–water partition coefficient (Wildman–Crippen LogP) is 2.16. The third-order valence-corrected chi connectivity index (χ3v) is 0.816. The van der Waals surface area contributed by atoms with Gasteiger partial charge in [-0.1, -0.05) is 27.2 Å². The highest BCUT2D eigenvalue weighted by Gasteiger charge is 1.80. The van der Waals surface area contributed by atoms with E-state index in [2.05, 4.69) is 20.8 Å². The van der Waals surface area contributed by atoms with E-state index in [1.54, 1.807) is 0 Å². The lowest BCUT2D eigenvalue weighted by Crippen LogP contribution is -1.77. The van der Waals surface area contributed by atoms with Crippen LogP contribution in [0.1, 0.15) is 28.6 Å². The summed E-state index contributed by atoms with van der Waals surface area (Å²) in [6.07, 6.45) is 1.31. The standard InChI is InChI=1S/C5H12/c1-4-5(2)3/h5H,4H2,1-3H3/p+1. The topological polar surface area (TPSA) is 0 Å². The lowest BCUT2D eigenvalue weighted by molar-refractivity contribution is 0.626. The molecule has 0 heteroatoms. The van der Waals surface area contributed by atoms with Gasteiger partial charge in [0, 0.05) is 0 Å². The van der Waals surface area contributed by atoms with Crippen LogP contribution in [-0.4, -0.2) is 0 Å². The zero-order chi connectivity index (χ0) is 4.28. The van der Waals surface area contributed by atoms with Gasteiger partial charge in [-0.2, -0.15) is 0 Å². The summed E-state index contributed by atoms with van der Waals surface area (Å²) in [7, 11) is 0. The van der Waals surface area contributed by atoms with Gasteiger partial charge in [0.15, 0.2) is 0 Å². The van der Waals surface area contributed by atoms with E-state index in [-0.39, 0.29) is 1.43 Å². The average Bonchev–Trinajstić information content (AvgIpc) is 1.38. The van der Waals surface area contributed by atoms with Crippen LogP contribution < -0.4 is 0 Å². The maximum atomic E-state index is 2.22. The summed E-state index contributed by atoms with van der Waals surface area (Å²) in [5.74, 6) is 0.884. The highest BCUT2D eigenvalue weighted by molar-refractivity contribution is 4.32. The van der Waals surface area contributed by atoms with Gasteiger partial charge in [0.2, 0.25) is 0 Å². The van der Waals surface area contributed by atoms with Crippen LogP contribution >= 0.6 is 0 Å². The van der Waals surface area contributed by atoms with Crippen molar-refractivity contribution in [3.05, 3.63) is 0 Å². The zero-order valence-corrected chi connectivity index (χ0v) is 4.28. The van der Waals surface area contributed by atoms with E-state index in [0.29, 0.717) is 0 Å². The van der Waals surface area contributed by atoms with Crippen LogP contribution in [0.3, 0.4) is 0 Å². The summed E-state index contributed by atoms with van der Waals surface area (Å²) in [4.78, 5) is 0. The molecule has 0 aromatic heterocycles. The first-order valence-electron chi connectivity index (χ1n) is 2.27. The molecule has 0 aliphatic carbocycles. The second kappa shape index (κ2) is 2.25. The Kier molecular flexibility index (Phi) is 2.25. The molecular formula is C5H13+.